The molecule has 2 aliphatic rings. The molecule has 22 heavy (non-hydrogen) atoms. The summed E-state index contributed by atoms with van der Waals surface area (Å²) in [4.78, 5) is 0.137. The van der Waals surface area contributed by atoms with E-state index < -0.39 is 16.1 Å². The normalized spacial score (nSPS) is 25.8. The molecule has 4 N–H and O–H groups in total. The predicted molar refractivity (Wildman–Crippen MR) is 84.5 cm³/mol. The first-order valence-corrected chi connectivity index (χ1v) is 9.11. The van der Waals surface area contributed by atoms with Gasteiger partial charge in [0.2, 0.25) is 10.0 Å². The van der Waals surface area contributed by atoms with Gasteiger partial charge in [-0.25, -0.2) is 8.42 Å². The Labute approximate surface area is 130 Å². The zero-order chi connectivity index (χ0) is 15.7. The van der Waals surface area contributed by atoms with E-state index in [4.69, 9.17) is 5.41 Å². The molecule has 1 saturated carbocycles. The Hall–Kier alpha value is -1.44. The number of sulfonamides is 1. The summed E-state index contributed by atoms with van der Waals surface area (Å²) < 4.78 is 27.7. The maximum Gasteiger partial charge on any atom is 0.244 e. The first kappa shape index (κ1) is 15.5. The molecule has 3 rings (SSSR count). The van der Waals surface area contributed by atoms with Crippen LogP contribution in [0.2, 0.25) is 0 Å². The molecule has 1 aromatic rings. The zero-order valence-corrected chi connectivity index (χ0v) is 13.1. The second-order valence-corrected chi connectivity index (χ2v) is 7.69. The van der Waals surface area contributed by atoms with Crippen molar-refractivity contribution in [2.45, 2.75) is 49.3 Å². The van der Waals surface area contributed by atoms with Crippen LogP contribution in [0.4, 0.5) is 5.69 Å². The third-order valence-corrected chi connectivity index (χ3v) is 5.99. The molecule has 1 aliphatic heterocycles. The molecular formula is C15H21N3O3S. The Morgan fingerprint density at radius 1 is 1.27 bits per heavy atom. The van der Waals surface area contributed by atoms with Gasteiger partial charge in [-0.3, -0.25) is 0 Å². The van der Waals surface area contributed by atoms with Crippen molar-refractivity contribution in [3.63, 3.8) is 0 Å². The molecule has 1 heterocycles. The molecule has 0 spiro atoms. The molecule has 2 atom stereocenters. The predicted octanol–water partition coefficient (Wildman–Crippen LogP) is 1.98. The van der Waals surface area contributed by atoms with Crippen LogP contribution in [-0.4, -0.2) is 25.9 Å². The smallest absolute Gasteiger partial charge is 0.244 e. The van der Waals surface area contributed by atoms with Crippen molar-refractivity contribution in [2.24, 2.45) is 5.92 Å². The van der Waals surface area contributed by atoms with E-state index in [1.807, 2.05) is 0 Å². The van der Waals surface area contributed by atoms with Crippen molar-refractivity contribution in [2.75, 3.05) is 5.32 Å². The summed E-state index contributed by atoms with van der Waals surface area (Å²) in [7, 11) is -3.60. The standard InChI is InChI=1S/C15H21N3O3S/c16-9-13(19)11-6-7-12-14(8-11)22(20,21)18-15(17-12)10-4-2-1-3-5-10/h6-10,13,15-19H,1-5H2. The lowest BCUT2D eigenvalue weighted by molar-refractivity contribution is 0.251. The summed E-state index contributed by atoms with van der Waals surface area (Å²) in [5.74, 6) is 0.309. The van der Waals surface area contributed by atoms with E-state index in [-0.39, 0.29) is 11.1 Å². The molecule has 0 aromatic heterocycles. The first-order chi connectivity index (χ1) is 10.5. The molecule has 1 aromatic carbocycles. The molecular weight excluding hydrogens is 302 g/mol. The Morgan fingerprint density at radius 3 is 2.68 bits per heavy atom. The number of hydrogen-bond donors (Lipinski definition) is 4. The van der Waals surface area contributed by atoms with Crippen molar-refractivity contribution in [1.82, 2.24) is 4.72 Å². The average molecular weight is 323 g/mol. The summed E-state index contributed by atoms with van der Waals surface area (Å²) in [5.41, 5.74) is 0.965. The zero-order valence-electron chi connectivity index (χ0n) is 12.2. The Balaban J connectivity index is 1.92. The van der Waals surface area contributed by atoms with Gasteiger partial charge in [0.1, 0.15) is 11.0 Å². The molecule has 0 radical (unpaired) electrons. The third kappa shape index (κ3) is 2.88. The number of benzene rings is 1. The van der Waals surface area contributed by atoms with Gasteiger partial charge < -0.3 is 15.8 Å². The summed E-state index contributed by atoms with van der Waals surface area (Å²) in [6.45, 7) is 0. The van der Waals surface area contributed by atoms with Gasteiger partial charge in [0.05, 0.1) is 11.9 Å². The second kappa shape index (κ2) is 5.98. The van der Waals surface area contributed by atoms with E-state index in [1.54, 1.807) is 12.1 Å². The van der Waals surface area contributed by atoms with Gasteiger partial charge in [-0.1, -0.05) is 25.3 Å². The van der Waals surface area contributed by atoms with Gasteiger partial charge in [-0.2, -0.15) is 4.72 Å². The van der Waals surface area contributed by atoms with Crippen molar-refractivity contribution in [3.05, 3.63) is 23.8 Å². The van der Waals surface area contributed by atoms with Crippen molar-refractivity contribution in [3.8, 4) is 0 Å². The molecule has 7 heteroatoms. The second-order valence-electron chi connectivity index (χ2n) is 6.01. The number of anilines is 1. The lowest BCUT2D eigenvalue weighted by Crippen LogP contribution is -2.49. The van der Waals surface area contributed by atoms with E-state index in [0.29, 0.717) is 17.2 Å². The highest BCUT2D eigenvalue weighted by Crippen LogP contribution is 2.34. The fourth-order valence-corrected chi connectivity index (χ4v) is 4.69. The van der Waals surface area contributed by atoms with Crippen LogP contribution in [0.15, 0.2) is 23.1 Å². The number of aliphatic hydroxyl groups is 1. The number of rotatable bonds is 3. The van der Waals surface area contributed by atoms with Crippen LogP contribution in [0, 0.1) is 11.3 Å². The van der Waals surface area contributed by atoms with E-state index in [1.165, 1.54) is 12.5 Å². The highest BCUT2D eigenvalue weighted by Gasteiger charge is 2.34. The minimum atomic E-state index is -3.60. The number of nitrogens with one attached hydrogen (secondary N) is 3. The summed E-state index contributed by atoms with van der Waals surface area (Å²) in [6, 6.07) is 4.75. The lowest BCUT2D eigenvalue weighted by Gasteiger charge is -2.35. The molecule has 120 valence electrons. The Morgan fingerprint density at radius 2 is 2.00 bits per heavy atom. The molecule has 1 aliphatic carbocycles. The number of hydrogen-bond acceptors (Lipinski definition) is 5. The lowest BCUT2D eigenvalue weighted by atomic mass is 9.87. The highest BCUT2D eigenvalue weighted by atomic mass is 32.2. The van der Waals surface area contributed by atoms with E-state index in [2.05, 4.69) is 10.0 Å². The summed E-state index contributed by atoms with van der Waals surface area (Å²) in [5, 5.41) is 20.1. The largest absolute Gasteiger partial charge is 0.383 e. The van der Waals surface area contributed by atoms with Crippen molar-refractivity contribution in [1.29, 1.82) is 5.41 Å². The van der Waals surface area contributed by atoms with Gasteiger partial charge in [-0.05, 0) is 36.5 Å². The molecule has 2 unspecified atom stereocenters. The SMILES string of the molecule is N=CC(O)c1ccc2c(c1)S(=O)(=O)NC(C1CCCCC1)N2. The van der Waals surface area contributed by atoms with Crippen LogP contribution in [0.1, 0.15) is 43.8 Å². The average Bonchev–Trinajstić information content (AvgIpc) is 2.54. The maximum atomic E-state index is 12.5. The van der Waals surface area contributed by atoms with E-state index >= 15 is 0 Å². The van der Waals surface area contributed by atoms with Gasteiger partial charge in [0, 0.05) is 6.21 Å². The third-order valence-electron chi connectivity index (χ3n) is 4.51. The molecule has 6 nitrogen and oxygen atoms in total. The highest BCUT2D eigenvalue weighted by molar-refractivity contribution is 7.89. The van der Waals surface area contributed by atoms with Crippen LogP contribution in [-0.2, 0) is 10.0 Å². The van der Waals surface area contributed by atoms with Crippen LogP contribution in [0.3, 0.4) is 0 Å². The maximum absolute atomic E-state index is 12.5. The Bertz CT molecular complexity index is 669. The fourth-order valence-electron chi connectivity index (χ4n) is 3.27. The van der Waals surface area contributed by atoms with Crippen molar-refractivity contribution < 1.29 is 13.5 Å². The molecule has 0 amide bonds. The van der Waals surface area contributed by atoms with Gasteiger partial charge in [0.15, 0.2) is 0 Å². The first-order valence-electron chi connectivity index (χ1n) is 7.63. The van der Waals surface area contributed by atoms with E-state index in [0.717, 1.165) is 31.9 Å². The minimum Gasteiger partial charge on any atom is -0.383 e. The fraction of sp³-hybridized carbons (Fsp3) is 0.533. The van der Waals surface area contributed by atoms with Crippen LogP contribution in [0.25, 0.3) is 0 Å². The summed E-state index contributed by atoms with van der Waals surface area (Å²) in [6.07, 6.45) is 5.08. The summed E-state index contributed by atoms with van der Waals surface area (Å²) >= 11 is 0. The van der Waals surface area contributed by atoms with Crippen LogP contribution >= 0.6 is 0 Å². The van der Waals surface area contributed by atoms with Gasteiger partial charge >= 0.3 is 0 Å². The van der Waals surface area contributed by atoms with Gasteiger partial charge in [-0.15, -0.1) is 0 Å². The topological polar surface area (TPSA) is 102 Å². The number of fused-ring (bicyclic) bond motifs is 1. The molecule has 1 fully saturated rings. The molecule has 0 saturated heterocycles. The van der Waals surface area contributed by atoms with Crippen LogP contribution in [0.5, 0.6) is 0 Å². The quantitative estimate of drug-likeness (QED) is 0.639. The van der Waals surface area contributed by atoms with Crippen molar-refractivity contribution >= 4 is 21.9 Å². The molecule has 0 bridgehead atoms. The minimum absolute atomic E-state index is 0.137. The van der Waals surface area contributed by atoms with E-state index in [9.17, 15) is 13.5 Å². The number of aliphatic hydroxyl groups excluding tert-OH is 1. The van der Waals surface area contributed by atoms with Gasteiger partial charge in [0.25, 0.3) is 0 Å². The Kier molecular flexibility index (Phi) is 4.20. The van der Waals surface area contributed by atoms with Crippen LogP contribution < -0.4 is 10.0 Å². The monoisotopic (exact) mass is 323 g/mol.